The van der Waals surface area contributed by atoms with Crippen LogP contribution in [-0.2, 0) is 21.2 Å². The molecular formula is C20H25FN2O5S. The molecular weight excluding hydrogens is 399 g/mol. The van der Waals surface area contributed by atoms with E-state index in [1.807, 2.05) is 18.2 Å². The maximum Gasteiger partial charge on any atom is 0.240 e. The lowest BCUT2D eigenvalue weighted by molar-refractivity contribution is -0.121. The number of carbonyl (C=O) groups excluding carboxylic acids is 1. The zero-order chi connectivity index (χ0) is 21.3. The maximum atomic E-state index is 12.9. The first-order valence-corrected chi connectivity index (χ1v) is 10.6. The van der Waals surface area contributed by atoms with Gasteiger partial charge in [0, 0.05) is 19.5 Å². The fraction of sp³-hybridized carbons (Fsp3) is 0.350. The van der Waals surface area contributed by atoms with E-state index in [2.05, 4.69) is 10.0 Å². The number of carbonyl (C=O) groups is 1. The Kier molecular flexibility index (Phi) is 8.41. The first-order chi connectivity index (χ1) is 13.9. The third-order valence-electron chi connectivity index (χ3n) is 4.18. The van der Waals surface area contributed by atoms with E-state index < -0.39 is 15.8 Å². The monoisotopic (exact) mass is 424 g/mol. The number of benzene rings is 2. The van der Waals surface area contributed by atoms with Gasteiger partial charge in [0.25, 0.3) is 0 Å². The van der Waals surface area contributed by atoms with Crippen molar-refractivity contribution in [3.63, 3.8) is 0 Å². The molecule has 9 heteroatoms. The Morgan fingerprint density at radius 3 is 2.34 bits per heavy atom. The Balaban J connectivity index is 1.69. The summed E-state index contributed by atoms with van der Waals surface area (Å²) in [5.41, 5.74) is 0.995. The highest BCUT2D eigenvalue weighted by Crippen LogP contribution is 2.27. The van der Waals surface area contributed by atoms with E-state index in [9.17, 15) is 17.6 Å². The molecule has 158 valence electrons. The van der Waals surface area contributed by atoms with E-state index in [0.717, 1.165) is 17.7 Å². The highest BCUT2D eigenvalue weighted by molar-refractivity contribution is 7.89. The van der Waals surface area contributed by atoms with Gasteiger partial charge < -0.3 is 14.8 Å². The summed E-state index contributed by atoms with van der Waals surface area (Å²) < 4.78 is 49.8. The van der Waals surface area contributed by atoms with Crippen LogP contribution in [0.1, 0.15) is 18.4 Å². The number of sulfonamides is 1. The van der Waals surface area contributed by atoms with Crippen LogP contribution in [-0.4, -0.2) is 41.6 Å². The fourth-order valence-corrected chi connectivity index (χ4v) is 3.70. The molecule has 0 bridgehead atoms. The number of ether oxygens (including phenoxy) is 2. The van der Waals surface area contributed by atoms with Crippen molar-refractivity contribution in [2.24, 2.45) is 0 Å². The van der Waals surface area contributed by atoms with Crippen molar-refractivity contribution in [2.75, 3.05) is 27.3 Å². The van der Waals surface area contributed by atoms with Gasteiger partial charge in [-0.25, -0.2) is 17.5 Å². The van der Waals surface area contributed by atoms with Crippen LogP contribution in [0.4, 0.5) is 4.39 Å². The smallest absolute Gasteiger partial charge is 0.240 e. The van der Waals surface area contributed by atoms with E-state index in [4.69, 9.17) is 9.47 Å². The number of nitrogens with one attached hydrogen (secondary N) is 2. The first-order valence-electron chi connectivity index (χ1n) is 9.08. The highest BCUT2D eigenvalue weighted by atomic mass is 32.2. The molecule has 0 saturated carbocycles. The lowest BCUT2D eigenvalue weighted by Crippen LogP contribution is -2.28. The standard InChI is InChI=1S/C20H25FN2O5S/c1-27-18-10-5-15(14-19(18)28-2)11-13-22-20(24)4-3-12-23-29(25,26)17-8-6-16(21)7-9-17/h5-10,14,23H,3-4,11-13H2,1-2H3,(H,22,24). The first kappa shape index (κ1) is 22.6. The van der Waals surface area contributed by atoms with Crippen molar-refractivity contribution >= 4 is 15.9 Å². The van der Waals surface area contributed by atoms with Gasteiger partial charge >= 0.3 is 0 Å². The summed E-state index contributed by atoms with van der Waals surface area (Å²) in [6.07, 6.45) is 1.17. The number of hydrogen-bond acceptors (Lipinski definition) is 5. The Bertz CT molecular complexity index is 917. The van der Waals surface area contributed by atoms with Crippen LogP contribution in [0.2, 0.25) is 0 Å². The average Bonchev–Trinajstić information content (AvgIpc) is 2.71. The lowest BCUT2D eigenvalue weighted by Gasteiger charge is -2.10. The molecule has 0 atom stereocenters. The van der Waals surface area contributed by atoms with Gasteiger partial charge in [-0.1, -0.05) is 6.07 Å². The molecule has 0 unspecified atom stereocenters. The van der Waals surface area contributed by atoms with Crippen LogP contribution in [0.15, 0.2) is 47.4 Å². The molecule has 0 aliphatic rings. The van der Waals surface area contributed by atoms with Gasteiger partial charge in [0.2, 0.25) is 15.9 Å². The zero-order valence-corrected chi connectivity index (χ0v) is 17.2. The van der Waals surface area contributed by atoms with Crippen molar-refractivity contribution in [3.8, 4) is 11.5 Å². The predicted molar refractivity (Wildman–Crippen MR) is 107 cm³/mol. The second-order valence-electron chi connectivity index (χ2n) is 6.24. The molecule has 0 saturated heterocycles. The topological polar surface area (TPSA) is 93.7 Å². The maximum absolute atomic E-state index is 12.9. The molecule has 0 fully saturated rings. The molecule has 0 aromatic heterocycles. The molecule has 7 nitrogen and oxygen atoms in total. The normalized spacial score (nSPS) is 11.1. The summed E-state index contributed by atoms with van der Waals surface area (Å²) in [5.74, 6) is 0.605. The van der Waals surface area contributed by atoms with Crippen molar-refractivity contribution in [2.45, 2.75) is 24.2 Å². The summed E-state index contributed by atoms with van der Waals surface area (Å²) in [7, 11) is -0.581. The quantitative estimate of drug-likeness (QED) is 0.540. The molecule has 2 aromatic carbocycles. The summed E-state index contributed by atoms with van der Waals surface area (Å²) in [5, 5.41) is 2.80. The molecule has 0 aliphatic carbocycles. The van der Waals surface area contributed by atoms with Crippen molar-refractivity contribution in [1.82, 2.24) is 10.0 Å². The number of rotatable bonds is 11. The average molecular weight is 424 g/mol. The van der Waals surface area contributed by atoms with Crippen molar-refractivity contribution in [3.05, 3.63) is 53.8 Å². The van der Waals surface area contributed by atoms with E-state index in [0.29, 0.717) is 30.9 Å². The van der Waals surface area contributed by atoms with E-state index in [1.165, 1.54) is 12.1 Å². The predicted octanol–water partition coefficient (Wildman–Crippen LogP) is 2.26. The summed E-state index contributed by atoms with van der Waals surface area (Å²) in [4.78, 5) is 11.9. The van der Waals surface area contributed by atoms with Gasteiger partial charge in [-0.3, -0.25) is 4.79 Å². The molecule has 2 aromatic rings. The van der Waals surface area contributed by atoms with Crippen LogP contribution in [0.25, 0.3) is 0 Å². The molecule has 2 N–H and O–H groups in total. The molecule has 2 rings (SSSR count). The van der Waals surface area contributed by atoms with Gasteiger partial charge in [0.15, 0.2) is 11.5 Å². The Morgan fingerprint density at radius 2 is 1.69 bits per heavy atom. The third-order valence-corrected chi connectivity index (χ3v) is 5.66. The molecule has 0 aliphatic heterocycles. The second-order valence-corrected chi connectivity index (χ2v) is 8.01. The van der Waals surface area contributed by atoms with Gasteiger partial charge in [-0.15, -0.1) is 0 Å². The van der Waals surface area contributed by atoms with Crippen molar-refractivity contribution in [1.29, 1.82) is 0 Å². The summed E-state index contributed by atoms with van der Waals surface area (Å²) >= 11 is 0. The lowest BCUT2D eigenvalue weighted by atomic mass is 10.1. The Hall–Kier alpha value is -2.65. The van der Waals surface area contributed by atoms with Crippen LogP contribution < -0.4 is 19.5 Å². The highest BCUT2D eigenvalue weighted by Gasteiger charge is 2.13. The number of hydrogen-bond donors (Lipinski definition) is 2. The second kappa shape index (κ2) is 10.8. The van der Waals surface area contributed by atoms with E-state index in [-0.39, 0.29) is 23.8 Å². The molecule has 0 radical (unpaired) electrons. The SMILES string of the molecule is COc1ccc(CCNC(=O)CCCNS(=O)(=O)c2ccc(F)cc2)cc1OC. The minimum Gasteiger partial charge on any atom is -0.493 e. The largest absolute Gasteiger partial charge is 0.493 e. The zero-order valence-electron chi connectivity index (χ0n) is 16.4. The minimum atomic E-state index is -3.71. The molecule has 0 heterocycles. The van der Waals surface area contributed by atoms with Gasteiger partial charge in [-0.05, 0) is 54.8 Å². The van der Waals surface area contributed by atoms with Gasteiger partial charge in [0.1, 0.15) is 5.82 Å². The molecule has 0 spiro atoms. The van der Waals surface area contributed by atoms with Gasteiger partial charge in [-0.2, -0.15) is 0 Å². The third kappa shape index (κ3) is 7.03. The van der Waals surface area contributed by atoms with E-state index in [1.54, 1.807) is 14.2 Å². The van der Waals surface area contributed by atoms with Crippen LogP contribution in [0.5, 0.6) is 11.5 Å². The Morgan fingerprint density at radius 1 is 1.00 bits per heavy atom. The summed E-state index contributed by atoms with van der Waals surface area (Å²) in [6.45, 7) is 0.568. The van der Waals surface area contributed by atoms with E-state index >= 15 is 0 Å². The van der Waals surface area contributed by atoms with Crippen molar-refractivity contribution < 1.29 is 27.1 Å². The minimum absolute atomic E-state index is 0.0155. The summed E-state index contributed by atoms with van der Waals surface area (Å²) in [6, 6.07) is 10.1. The van der Waals surface area contributed by atoms with Crippen LogP contribution in [0, 0.1) is 5.82 Å². The molecule has 29 heavy (non-hydrogen) atoms. The van der Waals surface area contributed by atoms with Gasteiger partial charge in [0.05, 0.1) is 19.1 Å². The van der Waals surface area contributed by atoms with Crippen LogP contribution in [0.3, 0.4) is 0 Å². The number of halogens is 1. The Labute approximate surface area is 170 Å². The fourth-order valence-electron chi connectivity index (χ4n) is 2.62. The molecule has 1 amide bonds. The number of methoxy groups -OCH3 is 2. The number of amides is 1. The van der Waals surface area contributed by atoms with Crippen LogP contribution >= 0.6 is 0 Å².